The van der Waals surface area contributed by atoms with Gasteiger partial charge in [0, 0.05) is 22.0 Å². The Kier molecular flexibility index (Phi) is 3.49. The van der Waals surface area contributed by atoms with Crippen molar-refractivity contribution in [1.29, 1.82) is 0 Å². The highest BCUT2D eigenvalue weighted by Gasteiger charge is 2.10. The summed E-state index contributed by atoms with van der Waals surface area (Å²) >= 11 is 3.41. The van der Waals surface area contributed by atoms with E-state index in [1.807, 2.05) is 31.2 Å². The molecule has 4 heteroatoms. The summed E-state index contributed by atoms with van der Waals surface area (Å²) in [6, 6.07) is 12.5. The molecule has 3 rings (SSSR count). The van der Waals surface area contributed by atoms with Gasteiger partial charge in [0.25, 0.3) is 0 Å². The summed E-state index contributed by atoms with van der Waals surface area (Å²) in [5, 5.41) is 4.33. The summed E-state index contributed by atoms with van der Waals surface area (Å²) in [5.74, 6) is 0.621. The van der Waals surface area contributed by atoms with E-state index in [0.717, 1.165) is 32.5 Å². The third-order valence-corrected chi connectivity index (χ3v) is 3.98. The molecule has 0 unspecified atom stereocenters. The Morgan fingerprint density at radius 1 is 1.20 bits per heavy atom. The minimum Gasteiger partial charge on any atom is -0.461 e. The molecule has 20 heavy (non-hydrogen) atoms. The van der Waals surface area contributed by atoms with Crippen molar-refractivity contribution >= 4 is 32.6 Å². The maximum Gasteiger partial charge on any atom is 0.134 e. The molecule has 0 radical (unpaired) electrons. The summed E-state index contributed by atoms with van der Waals surface area (Å²) in [6.07, 6.45) is 0. The van der Waals surface area contributed by atoms with Crippen LogP contribution in [0.5, 0.6) is 0 Å². The van der Waals surface area contributed by atoms with Gasteiger partial charge in [-0.1, -0.05) is 18.2 Å². The average Bonchev–Trinajstić information content (AvgIpc) is 2.75. The Bertz CT molecular complexity index is 766. The van der Waals surface area contributed by atoms with Crippen molar-refractivity contribution in [2.24, 2.45) is 0 Å². The standard InChI is InChI=1S/C16H13BrFNO/c1-10-13(12-4-2-3-5-16(12)20-10)9-19-15-8-11(18)6-7-14(15)17/h2-8,19H,9H2,1H3. The van der Waals surface area contributed by atoms with Crippen LogP contribution >= 0.6 is 15.9 Å². The fourth-order valence-corrected chi connectivity index (χ4v) is 2.64. The van der Waals surface area contributed by atoms with Crippen molar-refractivity contribution in [2.75, 3.05) is 5.32 Å². The molecule has 0 aliphatic carbocycles. The van der Waals surface area contributed by atoms with E-state index in [-0.39, 0.29) is 5.82 Å². The molecular weight excluding hydrogens is 321 g/mol. The van der Waals surface area contributed by atoms with Crippen molar-refractivity contribution in [3.8, 4) is 0 Å². The highest BCUT2D eigenvalue weighted by molar-refractivity contribution is 9.10. The van der Waals surface area contributed by atoms with E-state index in [2.05, 4.69) is 21.2 Å². The number of nitrogens with one attached hydrogen (secondary N) is 1. The molecule has 102 valence electrons. The van der Waals surface area contributed by atoms with Gasteiger partial charge in [-0.2, -0.15) is 0 Å². The lowest BCUT2D eigenvalue weighted by Gasteiger charge is -2.08. The number of para-hydroxylation sites is 1. The van der Waals surface area contributed by atoms with Crippen LogP contribution < -0.4 is 5.32 Å². The van der Waals surface area contributed by atoms with Crippen LogP contribution in [-0.2, 0) is 6.54 Å². The molecule has 2 nitrogen and oxygen atoms in total. The number of rotatable bonds is 3. The number of fused-ring (bicyclic) bond motifs is 1. The number of anilines is 1. The number of hydrogen-bond donors (Lipinski definition) is 1. The molecule has 0 aliphatic rings. The lowest BCUT2D eigenvalue weighted by Crippen LogP contribution is -2.01. The van der Waals surface area contributed by atoms with Crippen LogP contribution in [0.2, 0.25) is 0 Å². The second-order valence-electron chi connectivity index (χ2n) is 4.61. The van der Waals surface area contributed by atoms with Gasteiger partial charge in [0.1, 0.15) is 17.2 Å². The lowest BCUT2D eigenvalue weighted by atomic mass is 10.1. The molecule has 1 aromatic heterocycles. The zero-order valence-electron chi connectivity index (χ0n) is 10.9. The summed E-state index contributed by atoms with van der Waals surface area (Å²) in [6.45, 7) is 2.53. The highest BCUT2D eigenvalue weighted by atomic mass is 79.9. The first kappa shape index (κ1) is 13.2. The molecule has 2 aromatic carbocycles. The third-order valence-electron chi connectivity index (χ3n) is 3.28. The SMILES string of the molecule is Cc1oc2ccccc2c1CNc1cc(F)ccc1Br. The van der Waals surface area contributed by atoms with E-state index >= 15 is 0 Å². The summed E-state index contributed by atoms with van der Waals surface area (Å²) < 4.78 is 19.8. The van der Waals surface area contributed by atoms with Crippen LogP contribution in [0.1, 0.15) is 11.3 Å². The predicted octanol–water partition coefficient (Wildman–Crippen LogP) is 5.25. The van der Waals surface area contributed by atoms with Crippen molar-refractivity contribution in [3.05, 3.63) is 64.1 Å². The average molecular weight is 334 g/mol. The Morgan fingerprint density at radius 3 is 2.85 bits per heavy atom. The second-order valence-corrected chi connectivity index (χ2v) is 5.47. The fraction of sp³-hybridized carbons (Fsp3) is 0.125. The van der Waals surface area contributed by atoms with Gasteiger partial charge in [-0.3, -0.25) is 0 Å². The maximum atomic E-state index is 13.3. The van der Waals surface area contributed by atoms with Crippen molar-refractivity contribution in [2.45, 2.75) is 13.5 Å². The van der Waals surface area contributed by atoms with Gasteiger partial charge >= 0.3 is 0 Å². The van der Waals surface area contributed by atoms with E-state index in [0.29, 0.717) is 6.54 Å². The van der Waals surface area contributed by atoms with E-state index in [9.17, 15) is 4.39 Å². The van der Waals surface area contributed by atoms with Gasteiger partial charge in [0.2, 0.25) is 0 Å². The molecule has 0 saturated heterocycles. The van der Waals surface area contributed by atoms with E-state index in [4.69, 9.17) is 4.42 Å². The summed E-state index contributed by atoms with van der Waals surface area (Å²) in [7, 11) is 0. The third kappa shape index (κ3) is 2.43. The monoisotopic (exact) mass is 333 g/mol. The topological polar surface area (TPSA) is 25.2 Å². The number of halogens is 2. The Morgan fingerprint density at radius 2 is 2.00 bits per heavy atom. The van der Waals surface area contributed by atoms with Crippen LogP contribution in [0.15, 0.2) is 51.4 Å². The molecule has 0 amide bonds. The van der Waals surface area contributed by atoms with E-state index < -0.39 is 0 Å². The smallest absolute Gasteiger partial charge is 0.134 e. The molecule has 0 bridgehead atoms. The predicted molar refractivity (Wildman–Crippen MR) is 82.4 cm³/mol. The van der Waals surface area contributed by atoms with Crippen LogP contribution in [0.4, 0.5) is 10.1 Å². The molecule has 0 atom stereocenters. The zero-order valence-corrected chi connectivity index (χ0v) is 12.5. The molecule has 0 spiro atoms. The molecular formula is C16H13BrFNO. The Labute approximate surface area is 124 Å². The number of benzene rings is 2. The minimum absolute atomic E-state index is 0.260. The molecule has 1 N–H and O–H groups in total. The van der Waals surface area contributed by atoms with Crippen molar-refractivity contribution in [3.63, 3.8) is 0 Å². The number of aryl methyl sites for hydroxylation is 1. The normalized spacial score (nSPS) is 10.9. The maximum absolute atomic E-state index is 13.3. The van der Waals surface area contributed by atoms with Crippen LogP contribution in [-0.4, -0.2) is 0 Å². The van der Waals surface area contributed by atoms with Gasteiger partial charge in [0.15, 0.2) is 0 Å². The molecule has 1 heterocycles. The molecule has 3 aromatic rings. The van der Waals surface area contributed by atoms with Crippen LogP contribution in [0.3, 0.4) is 0 Å². The minimum atomic E-state index is -0.260. The molecule has 0 saturated carbocycles. The van der Waals surface area contributed by atoms with Crippen LogP contribution in [0.25, 0.3) is 11.0 Å². The van der Waals surface area contributed by atoms with Crippen molar-refractivity contribution in [1.82, 2.24) is 0 Å². The van der Waals surface area contributed by atoms with E-state index in [1.54, 1.807) is 6.07 Å². The van der Waals surface area contributed by atoms with Gasteiger partial charge in [-0.25, -0.2) is 4.39 Å². The zero-order chi connectivity index (χ0) is 14.1. The van der Waals surface area contributed by atoms with E-state index in [1.165, 1.54) is 12.1 Å². The summed E-state index contributed by atoms with van der Waals surface area (Å²) in [4.78, 5) is 0. The highest BCUT2D eigenvalue weighted by Crippen LogP contribution is 2.28. The fourth-order valence-electron chi connectivity index (χ4n) is 2.26. The first-order chi connectivity index (χ1) is 9.65. The first-order valence-corrected chi connectivity index (χ1v) is 7.10. The Balaban J connectivity index is 1.90. The second kappa shape index (κ2) is 5.29. The largest absolute Gasteiger partial charge is 0.461 e. The molecule has 0 fully saturated rings. The Hall–Kier alpha value is -1.81. The molecule has 0 aliphatic heterocycles. The number of hydrogen-bond acceptors (Lipinski definition) is 2. The first-order valence-electron chi connectivity index (χ1n) is 6.31. The van der Waals surface area contributed by atoms with Crippen LogP contribution in [0, 0.1) is 12.7 Å². The van der Waals surface area contributed by atoms with Gasteiger partial charge in [-0.15, -0.1) is 0 Å². The van der Waals surface area contributed by atoms with Gasteiger partial charge in [-0.05, 0) is 47.1 Å². The summed E-state index contributed by atoms with van der Waals surface area (Å²) in [5.41, 5.74) is 2.70. The number of furan rings is 1. The lowest BCUT2D eigenvalue weighted by molar-refractivity contribution is 0.573. The van der Waals surface area contributed by atoms with Gasteiger partial charge < -0.3 is 9.73 Å². The quantitative estimate of drug-likeness (QED) is 0.707. The van der Waals surface area contributed by atoms with Crippen molar-refractivity contribution < 1.29 is 8.81 Å². The van der Waals surface area contributed by atoms with Gasteiger partial charge in [0.05, 0.1) is 5.69 Å².